The third-order valence-electron chi connectivity index (χ3n) is 10.0. The molecule has 2 fully saturated rings. The molecule has 2 aliphatic heterocycles. The van der Waals surface area contributed by atoms with Crippen molar-refractivity contribution in [2.45, 2.75) is 39.0 Å². The van der Waals surface area contributed by atoms with Crippen molar-refractivity contribution in [1.29, 1.82) is 0 Å². The summed E-state index contributed by atoms with van der Waals surface area (Å²) in [5, 5.41) is 25.1. The Labute approximate surface area is 323 Å². The zero-order valence-corrected chi connectivity index (χ0v) is 31.5. The molecule has 16 nitrogen and oxygen atoms in total. The van der Waals surface area contributed by atoms with Crippen LogP contribution < -0.4 is 20.1 Å². The summed E-state index contributed by atoms with van der Waals surface area (Å²) in [4.78, 5) is 62.8. The number of carbonyl (C=O) groups excluding carboxylic acids is 2. The lowest BCUT2D eigenvalue weighted by molar-refractivity contribution is -0.151. The van der Waals surface area contributed by atoms with Gasteiger partial charge in [0, 0.05) is 73.2 Å². The number of carboxylic acid groups (broad SMARTS) is 2. The van der Waals surface area contributed by atoms with Gasteiger partial charge in [-0.25, -0.2) is 0 Å². The van der Waals surface area contributed by atoms with Gasteiger partial charge < -0.3 is 39.8 Å². The molecule has 2 amide bonds. The SMILES string of the molecule is COc1cc(C(=O)Nc2cccc(-c3cccc(NC(=O)c4cc(OC)c(CN5CCOC[C@H]5C(=O)O)cn4)c3C)c2C)ncc1CN1CCOC[C@H]1C(=O)O. The van der Waals surface area contributed by atoms with E-state index in [1.165, 1.54) is 38.7 Å². The first-order valence-electron chi connectivity index (χ1n) is 18.0. The molecule has 16 heteroatoms. The van der Waals surface area contributed by atoms with E-state index in [9.17, 15) is 29.4 Å². The number of hydrogen-bond acceptors (Lipinski definition) is 12. The Kier molecular flexibility index (Phi) is 12.5. The molecule has 2 saturated heterocycles. The molecule has 0 spiro atoms. The summed E-state index contributed by atoms with van der Waals surface area (Å²) in [7, 11) is 2.97. The maximum absolute atomic E-state index is 13.5. The Bertz CT molecular complexity index is 1980. The van der Waals surface area contributed by atoms with E-state index in [0.29, 0.717) is 60.3 Å². The number of carbonyl (C=O) groups is 4. The Morgan fingerprint density at radius 3 is 1.50 bits per heavy atom. The van der Waals surface area contributed by atoms with E-state index in [1.807, 2.05) is 38.1 Å². The van der Waals surface area contributed by atoms with E-state index in [-0.39, 0.29) is 37.7 Å². The Morgan fingerprint density at radius 1 is 0.714 bits per heavy atom. The smallest absolute Gasteiger partial charge is 0.323 e. The third kappa shape index (κ3) is 8.79. The van der Waals surface area contributed by atoms with Crippen LogP contribution in [0.2, 0.25) is 0 Å². The van der Waals surface area contributed by atoms with E-state index in [0.717, 1.165) is 22.3 Å². The Balaban J connectivity index is 1.16. The van der Waals surface area contributed by atoms with Crippen molar-refractivity contribution in [3.05, 3.63) is 94.6 Å². The van der Waals surface area contributed by atoms with Gasteiger partial charge in [0.1, 0.15) is 35.0 Å². The normalized spacial score (nSPS) is 17.5. The van der Waals surface area contributed by atoms with Crippen LogP contribution in [0.1, 0.15) is 43.2 Å². The van der Waals surface area contributed by atoms with Crippen molar-refractivity contribution < 1.29 is 48.3 Å². The molecule has 2 aliphatic rings. The number of aliphatic carboxylic acids is 2. The second kappa shape index (κ2) is 17.7. The number of hydrogen-bond donors (Lipinski definition) is 4. The minimum absolute atomic E-state index is 0.0838. The highest BCUT2D eigenvalue weighted by molar-refractivity contribution is 6.05. The molecule has 294 valence electrons. The van der Waals surface area contributed by atoms with Gasteiger partial charge in [0.2, 0.25) is 0 Å². The van der Waals surface area contributed by atoms with Gasteiger partial charge in [-0.05, 0) is 48.2 Å². The van der Waals surface area contributed by atoms with E-state index >= 15 is 0 Å². The predicted octanol–water partition coefficient (Wildman–Crippen LogP) is 3.85. The highest BCUT2D eigenvalue weighted by Crippen LogP contribution is 2.34. The highest BCUT2D eigenvalue weighted by Gasteiger charge is 2.31. The van der Waals surface area contributed by atoms with Crippen LogP contribution in [0.4, 0.5) is 11.4 Å². The van der Waals surface area contributed by atoms with Crippen LogP contribution in [-0.2, 0) is 32.2 Å². The van der Waals surface area contributed by atoms with Crippen LogP contribution in [0.5, 0.6) is 11.5 Å². The molecule has 2 aromatic carbocycles. The summed E-state index contributed by atoms with van der Waals surface area (Å²) in [5.74, 6) is -2.04. The van der Waals surface area contributed by atoms with Gasteiger partial charge in [0.05, 0.1) is 40.6 Å². The molecular weight excluding hydrogens is 724 g/mol. The van der Waals surface area contributed by atoms with E-state index in [4.69, 9.17) is 18.9 Å². The van der Waals surface area contributed by atoms with Gasteiger partial charge >= 0.3 is 11.9 Å². The zero-order valence-electron chi connectivity index (χ0n) is 31.5. The first-order chi connectivity index (χ1) is 27.0. The molecule has 4 heterocycles. The number of nitrogens with one attached hydrogen (secondary N) is 2. The number of anilines is 2. The van der Waals surface area contributed by atoms with E-state index < -0.39 is 35.8 Å². The van der Waals surface area contributed by atoms with Gasteiger partial charge in [0.15, 0.2) is 0 Å². The summed E-state index contributed by atoms with van der Waals surface area (Å²) in [5.41, 5.74) is 5.90. The first-order valence-corrected chi connectivity index (χ1v) is 18.0. The molecule has 0 saturated carbocycles. The minimum Gasteiger partial charge on any atom is -0.496 e. The highest BCUT2D eigenvalue weighted by atomic mass is 16.5. The Hall–Kier alpha value is -5.94. The van der Waals surface area contributed by atoms with Crippen molar-refractivity contribution in [3.8, 4) is 22.6 Å². The lowest BCUT2D eigenvalue weighted by Gasteiger charge is -2.32. The minimum atomic E-state index is -0.975. The van der Waals surface area contributed by atoms with Gasteiger partial charge in [-0.2, -0.15) is 0 Å². The van der Waals surface area contributed by atoms with Gasteiger partial charge in [0.25, 0.3) is 11.8 Å². The number of methoxy groups -OCH3 is 2. The van der Waals surface area contributed by atoms with Crippen LogP contribution >= 0.6 is 0 Å². The maximum Gasteiger partial charge on any atom is 0.323 e. The number of amides is 2. The molecule has 2 atom stereocenters. The summed E-state index contributed by atoms with van der Waals surface area (Å²) >= 11 is 0. The van der Waals surface area contributed by atoms with Crippen LogP contribution in [0.15, 0.2) is 60.9 Å². The largest absolute Gasteiger partial charge is 0.496 e. The van der Waals surface area contributed by atoms with Crippen molar-refractivity contribution in [2.75, 3.05) is 64.4 Å². The lowest BCUT2D eigenvalue weighted by Crippen LogP contribution is -2.49. The second-order valence-electron chi connectivity index (χ2n) is 13.4. The number of aromatic nitrogens is 2. The molecule has 0 unspecified atom stereocenters. The fourth-order valence-electron chi connectivity index (χ4n) is 6.84. The Morgan fingerprint density at radius 2 is 1.12 bits per heavy atom. The summed E-state index contributed by atoms with van der Waals surface area (Å²) in [6.07, 6.45) is 3.05. The van der Waals surface area contributed by atoms with E-state index in [1.54, 1.807) is 21.9 Å². The number of morpholine rings is 2. The third-order valence-corrected chi connectivity index (χ3v) is 10.0. The fraction of sp³-hybridized carbons (Fsp3) is 0.350. The molecule has 6 rings (SSSR count). The zero-order chi connectivity index (χ0) is 39.9. The first kappa shape index (κ1) is 39.7. The summed E-state index contributed by atoms with van der Waals surface area (Å²) in [6.45, 7) is 6.17. The van der Waals surface area contributed by atoms with Crippen LogP contribution in [-0.4, -0.2) is 120 Å². The number of ether oxygens (including phenoxy) is 4. The monoisotopic (exact) mass is 768 g/mol. The van der Waals surface area contributed by atoms with Crippen molar-refractivity contribution >= 4 is 35.1 Å². The molecule has 4 aromatic rings. The fourth-order valence-corrected chi connectivity index (χ4v) is 6.84. The van der Waals surface area contributed by atoms with Crippen LogP contribution in [0.25, 0.3) is 11.1 Å². The molecule has 0 aliphatic carbocycles. The summed E-state index contributed by atoms with van der Waals surface area (Å²) < 4.78 is 21.8. The van der Waals surface area contributed by atoms with Crippen LogP contribution in [0, 0.1) is 13.8 Å². The van der Waals surface area contributed by atoms with Crippen LogP contribution in [0.3, 0.4) is 0 Å². The van der Waals surface area contributed by atoms with Crippen molar-refractivity contribution in [3.63, 3.8) is 0 Å². The number of carboxylic acids is 2. The van der Waals surface area contributed by atoms with Crippen molar-refractivity contribution in [1.82, 2.24) is 19.8 Å². The van der Waals surface area contributed by atoms with Crippen molar-refractivity contribution in [2.24, 2.45) is 0 Å². The number of rotatable bonds is 13. The summed E-state index contributed by atoms with van der Waals surface area (Å²) in [6, 6.07) is 12.6. The van der Waals surface area contributed by atoms with Gasteiger partial charge in [-0.15, -0.1) is 0 Å². The van der Waals surface area contributed by atoms with Gasteiger partial charge in [-0.1, -0.05) is 24.3 Å². The predicted molar refractivity (Wildman–Crippen MR) is 204 cm³/mol. The topological polar surface area (TPSA) is 202 Å². The number of nitrogens with zero attached hydrogens (tertiary/aromatic N) is 4. The molecule has 2 aromatic heterocycles. The second-order valence-corrected chi connectivity index (χ2v) is 13.4. The molecule has 56 heavy (non-hydrogen) atoms. The van der Waals surface area contributed by atoms with Gasteiger partial charge in [-0.3, -0.25) is 38.9 Å². The average molecular weight is 769 g/mol. The standard InChI is InChI=1S/C40H44N6O10/c1-23-27(7-5-9-29(23)43-37(47)31-15-35(53-3)25(17-41-31)19-45-11-13-55-21-33(45)39(49)50)28-8-6-10-30(24(28)2)44-38(48)32-16-36(54-4)26(18-42-32)20-46-12-14-56-22-34(46)40(51)52/h5-10,15-18,33-34H,11-14,19-22H2,1-4H3,(H,43,47)(H,44,48)(H,49,50)(H,51,52)/t33-,34-/m0/s1. The van der Waals surface area contributed by atoms with E-state index in [2.05, 4.69) is 20.6 Å². The maximum atomic E-state index is 13.5. The number of pyridine rings is 2. The molecule has 4 N–H and O–H groups in total. The molecule has 0 radical (unpaired) electrons. The lowest BCUT2D eigenvalue weighted by atomic mass is 9.94. The quantitative estimate of drug-likeness (QED) is 0.153. The average Bonchev–Trinajstić information content (AvgIpc) is 3.20. The molecule has 0 bridgehead atoms. The molecular formula is C40H44N6O10. The number of benzene rings is 2.